The number of amides is 2. The third-order valence-corrected chi connectivity index (χ3v) is 3.83. The van der Waals surface area contributed by atoms with E-state index in [4.69, 9.17) is 5.73 Å². The topological polar surface area (TPSA) is 101 Å². The normalized spacial score (nSPS) is 14.7. The molecule has 0 spiro atoms. The van der Waals surface area contributed by atoms with E-state index in [2.05, 4.69) is 0 Å². The van der Waals surface area contributed by atoms with Crippen molar-refractivity contribution in [2.45, 2.75) is 12.5 Å². The predicted octanol–water partition coefficient (Wildman–Crippen LogP) is 1.56. The molecule has 3 rings (SSSR count). The van der Waals surface area contributed by atoms with E-state index in [-0.39, 0.29) is 17.5 Å². The molecular weight excluding hydrogens is 296 g/mol. The number of carbonyl (C=O) groups excluding carboxylic acids is 2. The summed E-state index contributed by atoms with van der Waals surface area (Å²) in [5.41, 5.74) is 7.32. The van der Waals surface area contributed by atoms with Crippen molar-refractivity contribution in [3.63, 3.8) is 0 Å². The molecule has 1 atom stereocenters. The van der Waals surface area contributed by atoms with Crippen LogP contribution in [0.5, 0.6) is 0 Å². The summed E-state index contributed by atoms with van der Waals surface area (Å²) in [6, 6.07) is 11.7. The van der Waals surface area contributed by atoms with Gasteiger partial charge in [0.1, 0.15) is 6.04 Å². The molecule has 0 unspecified atom stereocenters. The number of fused-ring (bicyclic) bond motifs is 1. The average molecular weight is 310 g/mol. The van der Waals surface area contributed by atoms with Gasteiger partial charge < -0.3 is 10.8 Å². The van der Waals surface area contributed by atoms with Crippen LogP contribution in [0.15, 0.2) is 48.5 Å². The van der Waals surface area contributed by atoms with Crippen molar-refractivity contribution in [1.29, 1.82) is 0 Å². The summed E-state index contributed by atoms with van der Waals surface area (Å²) in [6.07, 6.45) is 0.0289. The Morgan fingerprint density at radius 3 is 2.00 bits per heavy atom. The Hall–Kier alpha value is -3.15. The number of carboxylic acid groups (broad SMARTS) is 1. The molecule has 0 fully saturated rings. The number of nitrogens with two attached hydrogens (primary N) is 1. The number of anilines is 1. The second kappa shape index (κ2) is 5.57. The summed E-state index contributed by atoms with van der Waals surface area (Å²) in [6.45, 7) is 0. The second-order valence-electron chi connectivity index (χ2n) is 5.33. The second-order valence-corrected chi connectivity index (χ2v) is 5.33. The molecule has 1 aliphatic heterocycles. The molecular formula is C17H14N2O4. The first-order valence-corrected chi connectivity index (χ1v) is 7.03. The Morgan fingerprint density at radius 1 is 1.00 bits per heavy atom. The Morgan fingerprint density at radius 2 is 1.52 bits per heavy atom. The van der Waals surface area contributed by atoms with Gasteiger partial charge in [0.15, 0.2) is 0 Å². The van der Waals surface area contributed by atoms with Crippen molar-refractivity contribution < 1.29 is 19.5 Å². The number of carboxylic acids is 1. The van der Waals surface area contributed by atoms with Gasteiger partial charge >= 0.3 is 5.97 Å². The molecule has 116 valence electrons. The number of benzene rings is 2. The number of aliphatic carboxylic acids is 1. The van der Waals surface area contributed by atoms with Crippen LogP contribution < -0.4 is 5.73 Å². The van der Waals surface area contributed by atoms with E-state index in [9.17, 15) is 19.5 Å². The SMILES string of the molecule is Nc1ccc(C[C@@H](C(=O)O)N2C(=O)c3ccccc3C2=O)cc1. The first-order chi connectivity index (χ1) is 11.0. The van der Waals surface area contributed by atoms with E-state index >= 15 is 0 Å². The maximum atomic E-state index is 12.4. The molecule has 0 radical (unpaired) electrons. The zero-order valence-corrected chi connectivity index (χ0v) is 12.1. The maximum absolute atomic E-state index is 12.4. The van der Waals surface area contributed by atoms with E-state index in [1.54, 1.807) is 36.4 Å². The van der Waals surface area contributed by atoms with Crippen molar-refractivity contribution >= 4 is 23.5 Å². The summed E-state index contributed by atoms with van der Waals surface area (Å²) in [7, 11) is 0. The van der Waals surface area contributed by atoms with Gasteiger partial charge in [-0.25, -0.2) is 4.79 Å². The highest BCUT2D eigenvalue weighted by Crippen LogP contribution is 2.26. The zero-order chi connectivity index (χ0) is 16.6. The number of rotatable bonds is 4. The molecule has 1 aliphatic rings. The van der Waals surface area contributed by atoms with E-state index in [1.807, 2.05) is 0 Å². The van der Waals surface area contributed by atoms with Gasteiger partial charge in [-0.2, -0.15) is 0 Å². The fraction of sp³-hybridized carbons (Fsp3) is 0.118. The molecule has 2 aromatic rings. The molecule has 2 aromatic carbocycles. The Bertz CT molecular complexity index is 763. The lowest BCUT2D eigenvalue weighted by molar-refractivity contribution is -0.141. The highest BCUT2D eigenvalue weighted by atomic mass is 16.4. The number of imide groups is 1. The smallest absolute Gasteiger partial charge is 0.327 e. The quantitative estimate of drug-likeness (QED) is 0.659. The zero-order valence-electron chi connectivity index (χ0n) is 12.1. The summed E-state index contributed by atoms with van der Waals surface area (Å²) < 4.78 is 0. The third kappa shape index (κ3) is 2.55. The molecule has 23 heavy (non-hydrogen) atoms. The molecule has 2 amide bonds. The summed E-state index contributed by atoms with van der Waals surface area (Å²) in [4.78, 5) is 37.3. The van der Waals surface area contributed by atoms with Crippen LogP contribution in [0.3, 0.4) is 0 Å². The van der Waals surface area contributed by atoms with E-state index in [0.29, 0.717) is 11.3 Å². The predicted molar refractivity (Wildman–Crippen MR) is 82.9 cm³/mol. The molecule has 0 bridgehead atoms. The van der Waals surface area contributed by atoms with Crippen molar-refractivity contribution in [3.05, 3.63) is 65.2 Å². The van der Waals surface area contributed by atoms with Crippen LogP contribution >= 0.6 is 0 Å². The number of nitrogens with zero attached hydrogens (tertiary/aromatic N) is 1. The van der Waals surface area contributed by atoms with Gasteiger partial charge in [-0.05, 0) is 29.8 Å². The van der Waals surface area contributed by atoms with Crippen LogP contribution in [0, 0.1) is 0 Å². The molecule has 0 aliphatic carbocycles. The molecule has 0 aromatic heterocycles. The number of nitrogen functional groups attached to an aromatic ring is 1. The Labute approximate surface area is 132 Å². The lowest BCUT2D eigenvalue weighted by atomic mass is 10.0. The van der Waals surface area contributed by atoms with Crippen LogP contribution in [0.1, 0.15) is 26.3 Å². The highest BCUT2D eigenvalue weighted by molar-refractivity contribution is 6.22. The molecule has 3 N–H and O–H groups in total. The van der Waals surface area contributed by atoms with Crippen LogP contribution in [-0.2, 0) is 11.2 Å². The van der Waals surface area contributed by atoms with Crippen molar-refractivity contribution in [2.24, 2.45) is 0 Å². The monoisotopic (exact) mass is 310 g/mol. The van der Waals surface area contributed by atoms with E-state index in [1.165, 1.54) is 12.1 Å². The van der Waals surface area contributed by atoms with Gasteiger partial charge in [-0.15, -0.1) is 0 Å². The van der Waals surface area contributed by atoms with Crippen LogP contribution in [0.4, 0.5) is 5.69 Å². The van der Waals surface area contributed by atoms with E-state index in [0.717, 1.165) is 4.90 Å². The minimum atomic E-state index is -1.26. The first kappa shape index (κ1) is 14.8. The Balaban J connectivity index is 1.94. The van der Waals surface area contributed by atoms with Crippen LogP contribution in [-0.4, -0.2) is 33.8 Å². The average Bonchev–Trinajstić information content (AvgIpc) is 2.79. The number of hydrogen-bond donors (Lipinski definition) is 2. The first-order valence-electron chi connectivity index (χ1n) is 7.03. The molecule has 0 saturated heterocycles. The van der Waals surface area contributed by atoms with Gasteiger partial charge in [0.25, 0.3) is 11.8 Å². The van der Waals surface area contributed by atoms with Gasteiger partial charge in [0.2, 0.25) is 0 Å². The van der Waals surface area contributed by atoms with E-state index < -0.39 is 23.8 Å². The summed E-state index contributed by atoms with van der Waals surface area (Å²) >= 11 is 0. The molecule has 1 heterocycles. The highest BCUT2D eigenvalue weighted by Gasteiger charge is 2.42. The molecule has 6 heteroatoms. The standard InChI is InChI=1S/C17H14N2O4/c18-11-7-5-10(6-8-11)9-14(17(22)23)19-15(20)12-3-1-2-4-13(12)16(19)21/h1-8,14H,9,18H2,(H,22,23)/t14-/m0/s1. The van der Waals surface area contributed by atoms with Gasteiger partial charge in [-0.1, -0.05) is 24.3 Å². The molecule has 0 saturated carbocycles. The van der Waals surface area contributed by atoms with Gasteiger partial charge in [0, 0.05) is 12.1 Å². The van der Waals surface area contributed by atoms with Crippen molar-refractivity contribution in [3.8, 4) is 0 Å². The summed E-state index contributed by atoms with van der Waals surface area (Å²) in [5.74, 6) is -2.38. The minimum Gasteiger partial charge on any atom is -0.480 e. The van der Waals surface area contributed by atoms with Gasteiger partial charge in [0.05, 0.1) is 11.1 Å². The lowest BCUT2D eigenvalue weighted by Gasteiger charge is -2.22. The van der Waals surface area contributed by atoms with Gasteiger partial charge in [-0.3, -0.25) is 14.5 Å². The van der Waals surface area contributed by atoms with Crippen molar-refractivity contribution in [1.82, 2.24) is 4.90 Å². The Kier molecular flexibility index (Phi) is 3.57. The number of carbonyl (C=O) groups is 3. The summed E-state index contributed by atoms with van der Waals surface area (Å²) in [5, 5.41) is 9.49. The molecule has 6 nitrogen and oxygen atoms in total. The third-order valence-electron chi connectivity index (χ3n) is 3.83. The fourth-order valence-corrected chi connectivity index (χ4v) is 2.66. The van der Waals surface area contributed by atoms with Crippen LogP contribution in [0.2, 0.25) is 0 Å². The minimum absolute atomic E-state index is 0.0289. The largest absolute Gasteiger partial charge is 0.480 e. The maximum Gasteiger partial charge on any atom is 0.327 e. The van der Waals surface area contributed by atoms with Crippen molar-refractivity contribution in [2.75, 3.05) is 5.73 Å². The lowest BCUT2D eigenvalue weighted by Crippen LogP contribution is -2.46. The number of hydrogen-bond acceptors (Lipinski definition) is 4. The fourth-order valence-electron chi connectivity index (χ4n) is 2.66. The van der Waals surface area contributed by atoms with Crippen LogP contribution in [0.25, 0.3) is 0 Å².